The van der Waals surface area contributed by atoms with Crippen molar-refractivity contribution < 1.29 is 23.0 Å². The number of carbonyl (C=O) groups excluding carboxylic acids is 1. The third kappa shape index (κ3) is 5.58. The lowest BCUT2D eigenvalue weighted by Crippen LogP contribution is -2.38. The second kappa shape index (κ2) is 9.73. The lowest BCUT2D eigenvalue weighted by atomic mass is 9.68. The van der Waals surface area contributed by atoms with E-state index >= 15 is 0 Å². The molecule has 1 aliphatic carbocycles. The highest BCUT2D eigenvalue weighted by molar-refractivity contribution is 5.95. The molecule has 2 N–H and O–H groups in total. The van der Waals surface area contributed by atoms with Gasteiger partial charge >= 0.3 is 5.97 Å². The molecule has 0 atom stereocenters. The topological polar surface area (TPSA) is 74.4 Å². The average Bonchev–Trinajstić information content (AvgIpc) is 2.73. The number of ether oxygens (including phenoxy) is 2. The summed E-state index contributed by atoms with van der Waals surface area (Å²) < 4.78 is 38.8. The number of halogens is 2. The van der Waals surface area contributed by atoms with Gasteiger partial charge in [0.15, 0.2) is 0 Å². The summed E-state index contributed by atoms with van der Waals surface area (Å²) in [5.74, 6) is -3.11. The zero-order valence-electron chi connectivity index (χ0n) is 18.1. The van der Waals surface area contributed by atoms with Crippen molar-refractivity contribution in [2.75, 3.05) is 18.9 Å². The number of nitrogens with two attached hydrogens (primary N) is 1. The first kappa shape index (κ1) is 23.1. The minimum atomic E-state index is -2.67. The van der Waals surface area contributed by atoms with Crippen LogP contribution in [0.25, 0.3) is 0 Å². The highest BCUT2D eigenvalue weighted by Gasteiger charge is 2.45. The molecule has 1 aromatic carbocycles. The first-order chi connectivity index (χ1) is 14.8. The number of benzene rings is 1. The van der Waals surface area contributed by atoms with Crippen LogP contribution in [0.2, 0.25) is 0 Å². The van der Waals surface area contributed by atoms with E-state index in [2.05, 4.69) is 4.98 Å². The van der Waals surface area contributed by atoms with Crippen LogP contribution in [-0.4, -0.2) is 30.1 Å². The first-order valence-corrected chi connectivity index (χ1v) is 10.7. The number of aryl methyl sites for hydroxylation is 1. The van der Waals surface area contributed by atoms with E-state index in [0.717, 1.165) is 5.56 Å². The van der Waals surface area contributed by atoms with Gasteiger partial charge in [0.05, 0.1) is 13.2 Å². The standard InChI is InChI=1S/C24H30F2N2O3/c1-3-31-22(29)20-17(2)15-19(28-21(20)27)23(9-11-24(25,26)12-10-23)13-14-30-16-18-7-5-4-6-8-18/h4-8,15H,3,9-14,16H2,1-2H3,(H2,27,28). The molecule has 7 heteroatoms. The van der Waals surface area contributed by atoms with Crippen LogP contribution in [0.3, 0.4) is 0 Å². The van der Waals surface area contributed by atoms with Gasteiger partial charge in [-0.3, -0.25) is 0 Å². The third-order valence-corrected chi connectivity index (χ3v) is 6.04. The summed E-state index contributed by atoms with van der Waals surface area (Å²) >= 11 is 0. The van der Waals surface area contributed by atoms with E-state index in [-0.39, 0.29) is 30.8 Å². The zero-order chi connectivity index (χ0) is 22.5. The molecule has 5 nitrogen and oxygen atoms in total. The molecule has 31 heavy (non-hydrogen) atoms. The second-order valence-electron chi connectivity index (χ2n) is 8.23. The zero-order valence-corrected chi connectivity index (χ0v) is 18.1. The number of nitrogen functional groups attached to an aromatic ring is 1. The van der Waals surface area contributed by atoms with Crippen molar-refractivity contribution in [3.05, 3.63) is 58.8 Å². The molecule has 0 aliphatic heterocycles. The Bertz CT molecular complexity index is 870. The van der Waals surface area contributed by atoms with Crippen molar-refractivity contribution in [2.24, 2.45) is 0 Å². The fourth-order valence-electron chi connectivity index (χ4n) is 4.20. The molecule has 1 saturated carbocycles. The van der Waals surface area contributed by atoms with Gasteiger partial charge in [0.2, 0.25) is 5.92 Å². The SMILES string of the molecule is CCOC(=O)c1c(C)cc(C2(CCOCc3ccccc3)CCC(F)(F)CC2)nc1N. The molecule has 0 unspecified atom stereocenters. The van der Waals surface area contributed by atoms with Crippen LogP contribution < -0.4 is 5.73 Å². The van der Waals surface area contributed by atoms with Crippen LogP contribution in [0.15, 0.2) is 36.4 Å². The van der Waals surface area contributed by atoms with Crippen LogP contribution in [-0.2, 0) is 21.5 Å². The first-order valence-electron chi connectivity index (χ1n) is 10.7. The Morgan fingerprint density at radius 3 is 2.45 bits per heavy atom. The summed E-state index contributed by atoms with van der Waals surface area (Å²) in [5, 5.41) is 0. The average molecular weight is 433 g/mol. The molecule has 0 amide bonds. The maximum absolute atomic E-state index is 13.9. The van der Waals surface area contributed by atoms with E-state index in [9.17, 15) is 13.6 Å². The Hall–Kier alpha value is -2.54. The van der Waals surface area contributed by atoms with Crippen molar-refractivity contribution in [3.63, 3.8) is 0 Å². The Balaban J connectivity index is 1.81. The monoisotopic (exact) mass is 432 g/mol. The van der Waals surface area contributed by atoms with Crippen molar-refractivity contribution >= 4 is 11.8 Å². The molecule has 1 heterocycles. The largest absolute Gasteiger partial charge is 0.462 e. The molecule has 0 bridgehead atoms. The fourth-order valence-corrected chi connectivity index (χ4v) is 4.20. The summed E-state index contributed by atoms with van der Waals surface area (Å²) in [6, 6.07) is 11.6. The third-order valence-electron chi connectivity index (χ3n) is 6.04. The summed E-state index contributed by atoms with van der Waals surface area (Å²) in [6.07, 6.45) is 0.733. The van der Waals surface area contributed by atoms with Crippen LogP contribution >= 0.6 is 0 Å². The van der Waals surface area contributed by atoms with Crippen molar-refractivity contribution in [1.29, 1.82) is 0 Å². The van der Waals surface area contributed by atoms with Gasteiger partial charge in [-0.25, -0.2) is 18.6 Å². The predicted molar refractivity (Wildman–Crippen MR) is 115 cm³/mol. The number of pyridine rings is 1. The van der Waals surface area contributed by atoms with Crippen LogP contribution in [0.5, 0.6) is 0 Å². The smallest absolute Gasteiger partial charge is 0.342 e. The number of hydrogen-bond acceptors (Lipinski definition) is 5. The van der Waals surface area contributed by atoms with E-state index in [0.29, 0.717) is 43.7 Å². The van der Waals surface area contributed by atoms with Crippen LogP contribution in [0.4, 0.5) is 14.6 Å². The van der Waals surface area contributed by atoms with Crippen LogP contribution in [0, 0.1) is 6.92 Å². The fraction of sp³-hybridized carbons (Fsp3) is 0.500. The van der Waals surface area contributed by atoms with Gasteiger partial charge in [-0.1, -0.05) is 30.3 Å². The number of alkyl halides is 2. The molecular formula is C24H30F2N2O3. The van der Waals surface area contributed by atoms with Gasteiger partial charge < -0.3 is 15.2 Å². The molecule has 168 valence electrons. The van der Waals surface area contributed by atoms with Crippen molar-refractivity contribution in [1.82, 2.24) is 4.98 Å². The second-order valence-corrected chi connectivity index (χ2v) is 8.23. The number of rotatable bonds is 8. The molecule has 0 spiro atoms. The molecule has 0 radical (unpaired) electrons. The van der Waals surface area contributed by atoms with E-state index in [1.807, 2.05) is 30.3 Å². The Kier molecular flexibility index (Phi) is 7.26. The Morgan fingerprint density at radius 1 is 1.16 bits per heavy atom. The summed E-state index contributed by atoms with van der Waals surface area (Å²) in [4.78, 5) is 16.7. The highest BCUT2D eigenvalue weighted by Crippen LogP contribution is 2.47. The Morgan fingerprint density at radius 2 is 1.84 bits per heavy atom. The van der Waals surface area contributed by atoms with Crippen LogP contribution in [0.1, 0.15) is 66.2 Å². The van der Waals surface area contributed by atoms with Crippen molar-refractivity contribution in [3.8, 4) is 0 Å². The molecular weight excluding hydrogens is 402 g/mol. The minimum Gasteiger partial charge on any atom is -0.462 e. The van der Waals surface area contributed by atoms with Gasteiger partial charge in [-0.05, 0) is 50.3 Å². The summed E-state index contributed by atoms with van der Waals surface area (Å²) in [5.41, 5.74) is 8.13. The highest BCUT2D eigenvalue weighted by atomic mass is 19.3. The van der Waals surface area contributed by atoms with E-state index in [1.165, 1.54) is 0 Å². The number of hydrogen-bond donors (Lipinski definition) is 1. The number of anilines is 1. The normalized spacial score (nSPS) is 17.3. The van der Waals surface area contributed by atoms with Gasteiger partial charge in [0, 0.05) is 30.6 Å². The minimum absolute atomic E-state index is 0.0790. The van der Waals surface area contributed by atoms with E-state index < -0.39 is 17.3 Å². The maximum atomic E-state index is 13.9. The van der Waals surface area contributed by atoms with E-state index in [1.54, 1.807) is 19.9 Å². The molecule has 1 aliphatic rings. The number of aromatic nitrogens is 1. The molecule has 2 aromatic rings. The predicted octanol–water partition coefficient (Wildman–Crippen LogP) is 5.20. The summed E-state index contributed by atoms with van der Waals surface area (Å²) in [6.45, 7) is 4.60. The van der Waals surface area contributed by atoms with Crippen molar-refractivity contribution in [2.45, 2.75) is 63.9 Å². The quantitative estimate of drug-likeness (QED) is 0.458. The maximum Gasteiger partial charge on any atom is 0.342 e. The Labute approximate surface area is 182 Å². The van der Waals surface area contributed by atoms with Gasteiger partial charge in [0.1, 0.15) is 11.4 Å². The number of carbonyl (C=O) groups is 1. The molecule has 1 aromatic heterocycles. The lowest BCUT2D eigenvalue weighted by molar-refractivity contribution is -0.0572. The summed E-state index contributed by atoms with van der Waals surface area (Å²) in [7, 11) is 0. The molecule has 3 rings (SSSR count). The molecule has 0 saturated heterocycles. The number of esters is 1. The number of nitrogens with zero attached hydrogens (tertiary/aromatic N) is 1. The molecule has 1 fully saturated rings. The van der Waals surface area contributed by atoms with Gasteiger partial charge in [-0.2, -0.15) is 0 Å². The van der Waals surface area contributed by atoms with E-state index in [4.69, 9.17) is 15.2 Å². The lowest BCUT2D eigenvalue weighted by Gasteiger charge is -2.40. The van der Waals surface area contributed by atoms with Gasteiger partial charge in [0.25, 0.3) is 0 Å². The van der Waals surface area contributed by atoms with Gasteiger partial charge in [-0.15, -0.1) is 0 Å².